The lowest BCUT2D eigenvalue weighted by atomic mass is 10.2. The van der Waals surface area contributed by atoms with Crippen LogP contribution in [0.3, 0.4) is 0 Å². The third-order valence-corrected chi connectivity index (χ3v) is 5.24. The lowest BCUT2D eigenvalue weighted by molar-refractivity contribution is 0.0467. The minimum Gasteiger partial charge on any atom is -0.457 e. The van der Waals surface area contributed by atoms with Crippen LogP contribution >= 0.6 is 11.6 Å². The van der Waals surface area contributed by atoms with Crippen molar-refractivity contribution in [3.8, 4) is 0 Å². The Kier molecular flexibility index (Phi) is 5.58. The zero-order chi connectivity index (χ0) is 17.9. The Bertz CT molecular complexity index is 868. The highest BCUT2D eigenvalue weighted by Gasteiger charge is 2.22. The first kappa shape index (κ1) is 18.4. The number of hydrogen-bond acceptors (Lipinski definition) is 4. The highest BCUT2D eigenvalue weighted by Crippen LogP contribution is 2.19. The van der Waals surface area contributed by atoms with Gasteiger partial charge in [0.25, 0.3) is 0 Å². The summed E-state index contributed by atoms with van der Waals surface area (Å²) in [7, 11) is -1.09. The van der Waals surface area contributed by atoms with E-state index >= 15 is 0 Å². The Balaban J connectivity index is 2.23. The van der Waals surface area contributed by atoms with E-state index in [1.165, 1.54) is 14.1 Å². The van der Waals surface area contributed by atoms with Crippen molar-refractivity contribution in [2.24, 2.45) is 0 Å². The summed E-state index contributed by atoms with van der Waals surface area (Å²) < 4.78 is 44.0. The molecule has 0 N–H and O–H groups in total. The average molecular weight is 372 g/mol. The summed E-state index contributed by atoms with van der Waals surface area (Å²) in [5, 5.41) is 0.480. The largest absolute Gasteiger partial charge is 0.457 e. The molecule has 0 atom stereocenters. The lowest BCUT2D eigenvalue weighted by Crippen LogP contribution is -2.22. The van der Waals surface area contributed by atoms with Crippen LogP contribution in [-0.4, -0.2) is 32.8 Å². The van der Waals surface area contributed by atoms with Crippen molar-refractivity contribution in [3.05, 3.63) is 64.4 Å². The second kappa shape index (κ2) is 7.29. The van der Waals surface area contributed by atoms with E-state index in [2.05, 4.69) is 0 Å². The second-order valence-corrected chi connectivity index (χ2v) is 7.72. The number of benzene rings is 2. The molecule has 0 fully saturated rings. The van der Waals surface area contributed by atoms with Gasteiger partial charge in [-0.25, -0.2) is 21.9 Å². The van der Waals surface area contributed by atoms with Gasteiger partial charge in [-0.1, -0.05) is 23.7 Å². The van der Waals surface area contributed by atoms with Crippen LogP contribution in [0.4, 0.5) is 4.39 Å². The fraction of sp³-hybridized carbons (Fsp3) is 0.188. The summed E-state index contributed by atoms with van der Waals surface area (Å²) in [6.07, 6.45) is 0. The Morgan fingerprint density at radius 2 is 1.92 bits per heavy atom. The van der Waals surface area contributed by atoms with Crippen LogP contribution < -0.4 is 0 Å². The highest BCUT2D eigenvalue weighted by molar-refractivity contribution is 7.89. The van der Waals surface area contributed by atoms with Crippen molar-refractivity contribution in [1.29, 1.82) is 0 Å². The highest BCUT2D eigenvalue weighted by atomic mass is 35.5. The van der Waals surface area contributed by atoms with Crippen LogP contribution in [0, 0.1) is 5.82 Å². The topological polar surface area (TPSA) is 63.7 Å². The van der Waals surface area contributed by atoms with Crippen LogP contribution in [0.1, 0.15) is 15.9 Å². The Morgan fingerprint density at radius 3 is 2.54 bits per heavy atom. The van der Waals surface area contributed by atoms with Gasteiger partial charge in [-0.2, -0.15) is 0 Å². The number of nitrogens with zero attached hydrogens (tertiary/aromatic N) is 1. The minimum absolute atomic E-state index is 0.108. The molecule has 5 nitrogen and oxygen atoms in total. The molecule has 0 aromatic heterocycles. The van der Waals surface area contributed by atoms with Crippen molar-refractivity contribution < 1.29 is 22.3 Å². The predicted octanol–water partition coefficient (Wildman–Crippen LogP) is 3.09. The Morgan fingerprint density at radius 1 is 1.21 bits per heavy atom. The van der Waals surface area contributed by atoms with Crippen molar-refractivity contribution >= 4 is 27.6 Å². The van der Waals surface area contributed by atoms with Crippen LogP contribution in [0.2, 0.25) is 5.02 Å². The molecule has 0 aliphatic carbocycles. The van der Waals surface area contributed by atoms with Gasteiger partial charge in [-0.3, -0.25) is 0 Å². The van der Waals surface area contributed by atoms with Gasteiger partial charge in [0.2, 0.25) is 10.0 Å². The maximum atomic E-state index is 13.9. The zero-order valence-electron chi connectivity index (χ0n) is 13.0. The van der Waals surface area contributed by atoms with Crippen molar-refractivity contribution in [1.82, 2.24) is 4.31 Å². The van der Waals surface area contributed by atoms with E-state index in [1.807, 2.05) is 0 Å². The van der Waals surface area contributed by atoms with Crippen LogP contribution in [0.25, 0.3) is 0 Å². The molecule has 0 spiro atoms. The summed E-state index contributed by atoms with van der Waals surface area (Å²) >= 11 is 5.83. The number of esters is 1. The molecule has 0 saturated heterocycles. The zero-order valence-corrected chi connectivity index (χ0v) is 14.6. The van der Waals surface area contributed by atoms with E-state index in [1.54, 1.807) is 24.3 Å². The molecule has 2 rings (SSSR count). The lowest BCUT2D eigenvalue weighted by Gasteiger charge is -2.12. The normalized spacial score (nSPS) is 11.5. The second-order valence-electron chi connectivity index (χ2n) is 5.14. The molecule has 0 aliphatic rings. The molecule has 0 radical (unpaired) electrons. The molecular formula is C16H15ClFNO4S. The number of hydrogen-bond donors (Lipinski definition) is 0. The fourth-order valence-electron chi connectivity index (χ4n) is 1.89. The predicted molar refractivity (Wildman–Crippen MR) is 87.8 cm³/mol. The smallest absolute Gasteiger partial charge is 0.341 e. The fourth-order valence-corrected chi connectivity index (χ4v) is 3.03. The van der Waals surface area contributed by atoms with E-state index in [9.17, 15) is 17.6 Å². The molecule has 0 amide bonds. The van der Waals surface area contributed by atoms with Gasteiger partial charge in [0.1, 0.15) is 12.4 Å². The molecule has 128 valence electrons. The summed E-state index contributed by atoms with van der Waals surface area (Å²) in [6, 6.07) is 9.65. The summed E-state index contributed by atoms with van der Waals surface area (Å²) in [6.45, 7) is -0.108. The molecule has 0 bridgehead atoms. The summed E-state index contributed by atoms with van der Waals surface area (Å²) in [5.74, 6) is -1.81. The van der Waals surface area contributed by atoms with Crippen molar-refractivity contribution in [3.63, 3.8) is 0 Å². The third kappa shape index (κ3) is 4.11. The minimum atomic E-state index is -3.78. The molecule has 0 saturated carbocycles. The molecule has 0 heterocycles. The Labute approximate surface area is 144 Å². The maximum absolute atomic E-state index is 13.9. The number of ether oxygens (including phenoxy) is 1. The molecular weight excluding hydrogens is 357 g/mol. The molecule has 8 heteroatoms. The van der Waals surface area contributed by atoms with Gasteiger partial charge in [0.15, 0.2) is 0 Å². The van der Waals surface area contributed by atoms with Gasteiger partial charge < -0.3 is 4.74 Å². The molecule has 2 aromatic rings. The maximum Gasteiger partial charge on any atom is 0.341 e. The average Bonchev–Trinajstić information content (AvgIpc) is 2.52. The molecule has 2 aromatic carbocycles. The van der Waals surface area contributed by atoms with E-state index in [0.717, 1.165) is 22.5 Å². The van der Waals surface area contributed by atoms with Crippen LogP contribution in [-0.2, 0) is 21.4 Å². The molecule has 24 heavy (non-hydrogen) atoms. The molecule has 0 aliphatic heterocycles. The quantitative estimate of drug-likeness (QED) is 0.758. The van der Waals surface area contributed by atoms with Crippen molar-refractivity contribution in [2.45, 2.75) is 11.5 Å². The van der Waals surface area contributed by atoms with Gasteiger partial charge in [-0.05, 0) is 35.9 Å². The SMILES string of the molecule is CN(C)S(=O)(=O)c1ccc(F)c(C(=O)OCc2cccc(Cl)c2)c1. The molecule has 0 unspecified atom stereocenters. The van der Waals surface area contributed by atoms with E-state index < -0.39 is 27.4 Å². The first-order chi connectivity index (χ1) is 11.2. The van der Waals surface area contributed by atoms with Gasteiger partial charge in [0, 0.05) is 19.1 Å². The van der Waals surface area contributed by atoms with Gasteiger partial charge in [-0.15, -0.1) is 0 Å². The monoisotopic (exact) mass is 371 g/mol. The number of halogens is 2. The van der Waals surface area contributed by atoms with Crippen molar-refractivity contribution in [2.75, 3.05) is 14.1 Å². The van der Waals surface area contributed by atoms with E-state index in [4.69, 9.17) is 16.3 Å². The van der Waals surface area contributed by atoms with Gasteiger partial charge >= 0.3 is 5.97 Å². The van der Waals surface area contributed by atoms with Crippen LogP contribution in [0.15, 0.2) is 47.4 Å². The standard InChI is InChI=1S/C16H15ClFNO4S/c1-19(2)24(21,22)13-6-7-15(18)14(9-13)16(20)23-10-11-4-3-5-12(17)8-11/h3-9H,10H2,1-2H3. The number of carbonyl (C=O) groups is 1. The number of rotatable bonds is 5. The Hall–Kier alpha value is -1.96. The number of sulfonamides is 1. The first-order valence-corrected chi connectivity index (χ1v) is 8.67. The first-order valence-electron chi connectivity index (χ1n) is 6.85. The van der Waals surface area contributed by atoms with Crippen LogP contribution in [0.5, 0.6) is 0 Å². The third-order valence-electron chi connectivity index (χ3n) is 3.20. The van der Waals surface area contributed by atoms with E-state index in [-0.39, 0.29) is 11.5 Å². The summed E-state index contributed by atoms with van der Waals surface area (Å²) in [4.78, 5) is 11.9. The van der Waals surface area contributed by atoms with E-state index in [0.29, 0.717) is 10.6 Å². The number of carbonyl (C=O) groups excluding carboxylic acids is 1. The van der Waals surface area contributed by atoms with Gasteiger partial charge in [0.05, 0.1) is 10.5 Å². The summed E-state index contributed by atoms with van der Waals surface area (Å²) in [5.41, 5.74) is 0.188.